The molecule has 0 saturated carbocycles. The smallest absolute Gasteiger partial charge is 0.228 e. The number of nitrogens with one attached hydrogen (secondary N) is 1. The predicted octanol–water partition coefficient (Wildman–Crippen LogP) is 1.99. The Hall–Kier alpha value is -2.64. The lowest BCUT2D eigenvalue weighted by molar-refractivity contribution is -0.140. The maximum Gasteiger partial charge on any atom is 0.228 e. The molecule has 5 rings (SSSR count). The van der Waals surface area contributed by atoms with Crippen LogP contribution in [0.25, 0.3) is 0 Å². The number of H-pyrrole nitrogens is 1. The number of hydrogen-bond acceptors (Lipinski definition) is 5. The van der Waals surface area contributed by atoms with Crippen LogP contribution in [0.1, 0.15) is 48.3 Å². The monoisotopic (exact) mass is 385 g/mol. The van der Waals surface area contributed by atoms with Crippen molar-refractivity contribution >= 4 is 11.8 Å². The van der Waals surface area contributed by atoms with E-state index < -0.39 is 0 Å². The molecule has 3 fully saturated rings. The van der Waals surface area contributed by atoms with Gasteiger partial charge in [-0.2, -0.15) is 5.10 Å². The second-order valence-electron chi connectivity index (χ2n) is 7.96. The van der Waals surface area contributed by atoms with Crippen molar-refractivity contribution in [3.63, 3.8) is 0 Å². The highest BCUT2D eigenvalue weighted by atomic mass is 16.5. The molecule has 3 aliphatic heterocycles. The summed E-state index contributed by atoms with van der Waals surface area (Å²) in [4.78, 5) is 29.7. The molecule has 0 unspecified atom stereocenters. The van der Waals surface area contributed by atoms with E-state index in [1.807, 2.05) is 29.8 Å². The zero-order valence-corrected chi connectivity index (χ0v) is 16.5. The number of carbonyl (C=O) groups excluding carboxylic acids is 2. The van der Waals surface area contributed by atoms with Gasteiger partial charge in [-0.15, -0.1) is 0 Å². The number of hydrogen-bond donors (Lipinski definition) is 1. The Morgan fingerprint density at radius 2 is 2.18 bits per heavy atom. The number of nitrogens with zero attached hydrogens (tertiary/aromatic N) is 4. The standard InChI is InChI=1S/C20H27N5O3/c1-13-18(14(2)28-23-13)12-25-17-7-6-16(20(25)27)10-24(11-17)19(26)5-3-4-15-8-21-22-9-15/h8-9,16-17H,3-7,10-12H2,1-2H3,(H,21,22)/t16-,17+/m0/s1. The second kappa shape index (κ2) is 7.77. The van der Waals surface area contributed by atoms with Gasteiger partial charge in [-0.3, -0.25) is 14.7 Å². The maximum atomic E-state index is 13.0. The molecule has 0 radical (unpaired) electrons. The van der Waals surface area contributed by atoms with Gasteiger partial charge >= 0.3 is 0 Å². The largest absolute Gasteiger partial charge is 0.361 e. The Bertz CT molecular complexity index is 825. The molecular weight excluding hydrogens is 358 g/mol. The van der Waals surface area contributed by atoms with Crippen molar-refractivity contribution in [1.82, 2.24) is 25.2 Å². The van der Waals surface area contributed by atoms with Crippen molar-refractivity contribution in [3.05, 3.63) is 35.0 Å². The first kappa shape index (κ1) is 18.7. The van der Waals surface area contributed by atoms with E-state index in [4.69, 9.17) is 4.52 Å². The van der Waals surface area contributed by atoms with Crippen molar-refractivity contribution in [2.45, 2.75) is 58.5 Å². The van der Waals surface area contributed by atoms with Gasteiger partial charge in [0, 0.05) is 37.3 Å². The summed E-state index contributed by atoms with van der Waals surface area (Å²) in [6.07, 6.45) is 7.59. The minimum Gasteiger partial charge on any atom is -0.361 e. The SMILES string of the molecule is Cc1noc(C)c1CN1C(=O)[C@H]2CC[C@@H]1CN(C(=O)CCCc1cn[nH]c1)C2. The van der Waals surface area contributed by atoms with Crippen LogP contribution in [-0.2, 0) is 22.6 Å². The van der Waals surface area contributed by atoms with Crippen molar-refractivity contribution < 1.29 is 14.1 Å². The van der Waals surface area contributed by atoms with E-state index in [-0.39, 0.29) is 23.8 Å². The van der Waals surface area contributed by atoms with E-state index in [0.717, 1.165) is 48.3 Å². The van der Waals surface area contributed by atoms with E-state index in [9.17, 15) is 9.59 Å². The quantitative estimate of drug-likeness (QED) is 0.820. The summed E-state index contributed by atoms with van der Waals surface area (Å²) in [6.45, 7) is 5.46. The van der Waals surface area contributed by atoms with Crippen LogP contribution in [-0.4, -0.2) is 56.1 Å². The summed E-state index contributed by atoms with van der Waals surface area (Å²) in [5.74, 6) is 0.965. The van der Waals surface area contributed by atoms with Crippen LogP contribution < -0.4 is 0 Å². The minimum absolute atomic E-state index is 0.0674. The Morgan fingerprint density at radius 1 is 1.32 bits per heavy atom. The predicted molar refractivity (Wildman–Crippen MR) is 101 cm³/mol. The number of piperidine rings is 1. The lowest BCUT2D eigenvalue weighted by atomic mass is 9.93. The van der Waals surface area contributed by atoms with Crippen molar-refractivity contribution in [3.8, 4) is 0 Å². The molecule has 2 amide bonds. The lowest BCUT2D eigenvalue weighted by Gasteiger charge is -2.35. The Labute approximate surface area is 164 Å². The van der Waals surface area contributed by atoms with Crippen molar-refractivity contribution in [2.24, 2.45) is 5.92 Å². The third kappa shape index (κ3) is 3.68. The molecule has 5 heterocycles. The molecule has 2 bridgehead atoms. The first-order chi connectivity index (χ1) is 13.5. The van der Waals surface area contributed by atoms with Gasteiger partial charge in [0.2, 0.25) is 11.8 Å². The van der Waals surface area contributed by atoms with Crippen LogP contribution in [0.2, 0.25) is 0 Å². The van der Waals surface area contributed by atoms with Gasteiger partial charge in [-0.05, 0) is 45.1 Å². The molecule has 28 heavy (non-hydrogen) atoms. The van der Waals surface area contributed by atoms with Gasteiger partial charge in [-0.25, -0.2) is 0 Å². The Kier molecular flexibility index (Phi) is 5.19. The molecule has 2 atom stereocenters. The number of carbonyl (C=O) groups is 2. The van der Waals surface area contributed by atoms with Crippen LogP contribution in [0.4, 0.5) is 0 Å². The molecule has 3 saturated heterocycles. The average molecular weight is 385 g/mol. The van der Waals surface area contributed by atoms with Crippen LogP contribution in [0.5, 0.6) is 0 Å². The first-order valence-electron chi connectivity index (χ1n) is 10.0. The summed E-state index contributed by atoms with van der Waals surface area (Å²) >= 11 is 0. The van der Waals surface area contributed by atoms with Crippen molar-refractivity contribution in [1.29, 1.82) is 0 Å². The third-order valence-electron chi connectivity index (χ3n) is 6.07. The molecule has 8 heteroatoms. The summed E-state index contributed by atoms with van der Waals surface area (Å²) in [5, 5.41) is 10.7. The summed E-state index contributed by atoms with van der Waals surface area (Å²) in [5.41, 5.74) is 2.93. The fraction of sp³-hybridized carbons (Fsp3) is 0.600. The number of aryl methyl sites for hydroxylation is 3. The van der Waals surface area contributed by atoms with E-state index in [0.29, 0.717) is 26.1 Å². The highest BCUT2D eigenvalue weighted by Crippen LogP contribution is 2.31. The van der Waals surface area contributed by atoms with E-state index in [1.54, 1.807) is 6.20 Å². The number of amides is 2. The molecule has 2 aromatic rings. The Morgan fingerprint density at radius 3 is 2.89 bits per heavy atom. The molecule has 1 N–H and O–H groups in total. The molecular formula is C20H27N5O3. The van der Waals surface area contributed by atoms with Crippen LogP contribution in [0.15, 0.2) is 16.9 Å². The third-order valence-corrected chi connectivity index (χ3v) is 6.07. The van der Waals surface area contributed by atoms with Gasteiger partial charge in [0.05, 0.1) is 24.4 Å². The van der Waals surface area contributed by atoms with Gasteiger partial charge in [0.25, 0.3) is 0 Å². The number of rotatable bonds is 6. The Balaban J connectivity index is 1.40. The van der Waals surface area contributed by atoms with E-state index >= 15 is 0 Å². The fourth-order valence-corrected chi connectivity index (χ4v) is 4.37. The fourth-order valence-electron chi connectivity index (χ4n) is 4.37. The molecule has 3 aliphatic rings. The van der Waals surface area contributed by atoms with E-state index in [2.05, 4.69) is 15.4 Å². The summed E-state index contributed by atoms with van der Waals surface area (Å²) in [7, 11) is 0. The molecule has 0 spiro atoms. The highest BCUT2D eigenvalue weighted by Gasteiger charge is 2.42. The van der Waals surface area contributed by atoms with Crippen LogP contribution in [0.3, 0.4) is 0 Å². The normalized spacial score (nSPS) is 22.0. The number of aromatic amines is 1. The van der Waals surface area contributed by atoms with Crippen molar-refractivity contribution in [2.75, 3.05) is 13.1 Å². The van der Waals surface area contributed by atoms with Crippen LogP contribution >= 0.6 is 0 Å². The van der Waals surface area contributed by atoms with Gasteiger partial charge < -0.3 is 14.3 Å². The topological polar surface area (TPSA) is 95.3 Å². The van der Waals surface area contributed by atoms with Gasteiger partial charge in [0.1, 0.15) is 5.76 Å². The van der Waals surface area contributed by atoms with Gasteiger partial charge in [-0.1, -0.05) is 5.16 Å². The lowest BCUT2D eigenvalue weighted by Crippen LogP contribution is -2.47. The second-order valence-corrected chi connectivity index (χ2v) is 7.96. The zero-order chi connectivity index (χ0) is 19.7. The first-order valence-corrected chi connectivity index (χ1v) is 10.0. The number of aromatic nitrogens is 3. The summed E-state index contributed by atoms with van der Waals surface area (Å²) < 4.78 is 5.26. The maximum absolute atomic E-state index is 13.0. The van der Waals surface area contributed by atoms with Gasteiger partial charge in [0.15, 0.2) is 0 Å². The molecule has 0 aromatic carbocycles. The highest BCUT2D eigenvalue weighted by molar-refractivity contribution is 5.83. The zero-order valence-electron chi connectivity index (χ0n) is 16.5. The minimum atomic E-state index is -0.1000. The number of fused-ring (bicyclic) bond motifs is 4. The molecule has 0 aliphatic carbocycles. The van der Waals surface area contributed by atoms with E-state index in [1.165, 1.54) is 0 Å². The van der Waals surface area contributed by atoms with Crippen LogP contribution in [0, 0.1) is 19.8 Å². The molecule has 8 nitrogen and oxygen atoms in total. The molecule has 2 aromatic heterocycles. The average Bonchev–Trinajstić information content (AvgIpc) is 3.20. The molecule has 150 valence electrons. The summed E-state index contributed by atoms with van der Waals surface area (Å²) in [6, 6.07) is 0.0674.